The lowest BCUT2D eigenvalue weighted by molar-refractivity contribution is -0.151. The van der Waals surface area contributed by atoms with Crippen LogP contribution < -0.4 is 11.5 Å². The van der Waals surface area contributed by atoms with Gasteiger partial charge in [0.15, 0.2) is 0 Å². The van der Waals surface area contributed by atoms with Gasteiger partial charge >= 0.3 is 11.9 Å². The smallest absolute Gasteiger partial charge is 0.328 e. The van der Waals surface area contributed by atoms with Gasteiger partial charge in [-0.3, -0.25) is 9.59 Å². The zero-order chi connectivity index (χ0) is 26.7. The third-order valence-electron chi connectivity index (χ3n) is 9.40. The largest absolute Gasteiger partial charge is 0.478 e. The van der Waals surface area contributed by atoms with E-state index in [1.165, 1.54) is 0 Å². The first-order valence-electron chi connectivity index (χ1n) is 12.8. The summed E-state index contributed by atoms with van der Waals surface area (Å²) in [6, 6.07) is 0. The van der Waals surface area contributed by atoms with Gasteiger partial charge < -0.3 is 26.5 Å². The van der Waals surface area contributed by atoms with E-state index in [1.54, 1.807) is 0 Å². The van der Waals surface area contributed by atoms with E-state index < -0.39 is 11.9 Å². The maximum Gasteiger partial charge on any atom is 0.328 e. The predicted octanol–water partition coefficient (Wildman–Crippen LogP) is 2.35. The number of oxime groups is 1. The molecule has 1 unspecified atom stereocenters. The molecule has 4 rings (SSSR count). The van der Waals surface area contributed by atoms with E-state index in [2.05, 4.69) is 19.0 Å². The quantitative estimate of drug-likeness (QED) is 0.241. The average Bonchev–Trinajstić information content (AvgIpc) is 3.12. The van der Waals surface area contributed by atoms with E-state index in [-0.39, 0.29) is 28.6 Å². The lowest BCUT2D eigenvalue weighted by atomic mass is 9.43. The van der Waals surface area contributed by atoms with E-state index in [1.807, 2.05) is 0 Å². The molecule has 10 nitrogen and oxygen atoms in total. The van der Waals surface area contributed by atoms with Gasteiger partial charge in [-0.2, -0.15) is 0 Å². The summed E-state index contributed by atoms with van der Waals surface area (Å²) in [7, 11) is 0. The van der Waals surface area contributed by atoms with Crippen molar-refractivity contribution in [3.63, 3.8) is 0 Å². The number of aliphatic carboxylic acids is 2. The van der Waals surface area contributed by atoms with Crippen molar-refractivity contribution in [2.45, 2.75) is 65.2 Å². The highest BCUT2D eigenvalue weighted by molar-refractivity contribution is 5.90. The zero-order valence-corrected chi connectivity index (χ0v) is 21.2. The number of carbonyl (C=O) groups is 4. The number of fused-ring (bicyclic) bond motifs is 5. The van der Waals surface area contributed by atoms with Crippen molar-refractivity contribution in [2.75, 3.05) is 13.2 Å². The van der Waals surface area contributed by atoms with Gasteiger partial charge in [0, 0.05) is 36.5 Å². The fraction of sp³-hybridized carbons (Fsp3) is 0.731. The van der Waals surface area contributed by atoms with Crippen LogP contribution in [-0.4, -0.2) is 52.7 Å². The lowest BCUT2D eigenvalue weighted by Gasteiger charge is -2.61. The molecule has 1 amide bonds. The van der Waals surface area contributed by atoms with E-state index in [0.717, 1.165) is 50.7 Å². The highest BCUT2D eigenvalue weighted by Gasteiger charge is 2.62. The average molecular weight is 506 g/mol. The molecule has 6 N–H and O–H groups in total. The maximum atomic E-state index is 12.6. The van der Waals surface area contributed by atoms with Gasteiger partial charge in [0.2, 0.25) is 5.91 Å². The van der Waals surface area contributed by atoms with Crippen LogP contribution in [0.1, 0.15) is 65.2 Å². The number of ketones is 1. The molecule has 0 spiro atoms. The maximum absolute atomic E-state index is 12.6. The molecule has 4 aliphatic rings. The minimum absolute atomic E-state index is 0.0858. The molecule has 0 aromatic heterocycles. The number of Topliss-reactive ketones (excluding diaryl/α,β-unsaturated/α-hetero) is 1. The summed E-state index contributed by atoms with van der Waals surface area (Å²) in [6.45, 7) is 5.42. The summed E-state index contributed by atoms with van der Waals surface area (Å²) in [5.74, 6) is -0.740. The Labute approximate surface area is 211 Å². The van der Waals surface area contributed by atoms with Crippen LogP contribution in [0.3, 0.4) is 0 Å². The SMILES string of the molecule is C[C@]12CC/C(=N/OCCN)CC1[C@@H](C(N)=O)C[C@@H]1[C@@H]2CC[C@]2(C)C(=O)CC[C@@H]12.O=C(O)/C=C/C(=O)O. The minimum atomic E-state index is -1.26. The van der Waals surface area contributed by atoms with Crippen LogP contribution in [0.4, 0.5) is 0 Å². The highest BCUT2D eigenvalue weighted by atomic mass is 16.6. The number of carbonyl (C=O) groups excluding carboxylic acids is 2. The third kappa shape index (κ3) is 5.48. The molecular formula is C26H39N3O7. The Bertz CT molecular complexity index is 932. The van der Waals surface area contributed by atoms with Crippen LogP contribution in [0.5, 0.6) is 0 Å². The number of amides is 1. The molecule has 0 aliphatic heterocycles. The molecule has 7 atom stereocenters. The van der Waals surface area contributed by atoms with Gasteiger partial charge in [0.05, 0.1) is 5.71 Å². The van der Waals surface area contributed by atoms with Crippen molar-refractivity contribution in [2.24, 2.45) is 57.0 Å². The van der Waals surface area contributed by atoms with Crippen LogP contribution in [-0.2, 0) is 24.0 Å². The Hall–Kier alpha value is -2.75. The van der Waals surface area contributed by atoms with Crippen molar-refractivity contribution >= 4 is 29.3 Å². The monoisotopic (exact) mass is 505 g/mol. The van der Waals surface area contributed by atoms with Gasteiger partial charge in [0.25, 0.3) is 0 Å². The minimum Gasteiger partial charge on any atom is -0.478 e. The van der Waals surface area contributed by atoms with Crippen molar-refractivity contribution in [3.05, 3.63) is 12.2 Å². The lowest BCUT2D eigenvalue weighted by Crippen LogP contribution is -2.58. The summed E-state index contributed by atoms with van der Waals surface area (Å²) in [4.78, 5) is 49.6. The number of carboxylic acid groups (broad SMARTS) is 2. The molecule has 0 bridgehead atoms. The summed E-state index contributed by atoms with van der Waals surface area (Å²) in [5.41, 5.74) is 12.4. The Balaban J connectivity index is 0.000000392. The van der Waals surface area contributed by atoms with Gasteiger partial charge in [-0.25, -0.2) is 9.59 Å². The van der Waals surface area contributed by atoms with Crippen LogP contribution in [0.2, 0.25) is 0 Å². The van der Waals surface area contributed by atoms with Crippen molar-refractivity contribution in [3.8, 4) is 0 Å². The Morgan fingerprint density at radius 1 is 1.06 bits per heavy atom. The summed E-state index contributed by atoms with van der Waals surface area (Å²) in [5, 5.41) is 19.9. The first-order valence-corrected chi connectivity index (χ1v) is 12.8. The summed E-state index contributed by atoms with van der Waals surface area (Å²) in [6.07, 6.45) is 8.47. The standard InChI is InChI=1S/C22H35N3O3.C4H4O4/c1-21-7-5-13(25-28-10-9-23)11-18(21)15(20(24)27)12-14-16-3-4-19(26)22(16,2)8-6-17(14)21;5-3(6)1-2-4(7)8/h14-18H,3-12,23H2,1-2H3,(H2,24,27);1-2H,(H,5,6)(H,7,8)/b25-13-;2-1+/t14-,15-,16-,17-,18?,21+,22-;/m0./s1. The number of carboxylic acids is 2. The van der Waals surface area contributed by atoms with E-state index in [9.17, 15) is 19.2 Å². The molecule has 10 heteroatoms. The van der Waals surface area contributed by atoms with E-state index in [0.29, 0.717) is 55.3 Å². The molecule has 4 fully saturated rings. The number of rotatable bonds is 6. The highest BCUT2D eigenvalue weighted by Crippen LogP contribution is 2.66. The van der Waals surface area contributed by atoms with Crippen molar-refractivity contribution < 1.29 is 34.2 Å². The summed E-state index contributed by atoms with van der Waals surface area (Å²) < 4.78 is 0. The molecule has 36 heavy (non-hydrogen) atoms. The van der Waals surface area contributed by atoms with Crippen LogP contribution in [0.25, 0.3) is 0 Å². The number of hydrogen-bond acceptors (Lipinski definition) is 7. The number of nitrogens with zero attached hydrogens (tertiary/aromatic N) is 1. The second kappa shape index (κ2) is 11.1. The number of hydrogen-bond donors (Lipinski definition) is 4. The van der Waals surface area contributed by atoms with Crippen molar-refractivity contribution in [1.29, 1.82) is 0 Å². The van der Waals surface area contributed by atoms with E-state index >= 15 is 0 Å². The molecule has 0 aromatic carbocycles. The second-order valence-corrected chi connectivity index (χ2v) is 11.1. The molecular weight excluding hydrogens is 466 g/mol. The molecule has 0 aromatic rings. The molecule has 0 heterocycles. The summed E-state index contributed by atoms with van der Waals surface area (Å²) >= 11 is 0. The zero-order valence-electron chi connectivity index (χ0n) is 21.2. The molecule has 0 saturated heterocycles. The van der Waals surface area contributed by atoms with Crippen molar-refractivity contribution in [1.82, 2.24) is 0 Å². The Morgan fingerprint density at radius 2 is 1.72 bits per heavy atom. The fourth-order valence-corrected chi connectivity index (χ4v) is 7.64. The number of nitrogens with two attached hydrogens (primary N) is 2. The fourth-order valence-electron chi connectivity index (χ4n) is 7.64. The molecule has 0 radical (unpaired) electrons. The first kappa shape index (κ1) is 27.8. The molecule has 200 valence electrons. The van der Waals surface area contributed by atoms with Crippen LogP contribution in [0.15, 0.2) is 17.3 Å². The van der Waals surface area contributed by atoms with E-state index in [4.69, 9.17) is 26.5 Å². The molecule has 4 saturated carbocycles. The topological polar surface area (TPSA) is 182 Å². The molecule has 4 aliphatic carbocycles. The first-order chi connectivity index (χ1) is 16.9. The van der Waals surface area contributed by atoms with Gasteiger partial charge in [-0.15, -0.1) is 0 Å². The third-order valence-corrected chi connectivity index (χ3v) is 9.40. The van der Waals surface area contributed by atoms with Crippen LogP contribution >= 0.6 is 0 Å². The normalized spacial score (nSPS) is 38.4. The predicted molar refractivity (Wildman–Crippen MR) is 132 cm³/mol. The Morgan fingerprint density at radius 3 is 2.31 bits per heavy atom. The van der Waals surface area contributed by atoms with Crippen LogP contribution in [0, 0.1) is 40.4 Å². The van der Waals surface area contributed by atoms with Gasteiger partial charge in [-0.05, 0) is 74.0 Å². The Kier molecular flexibility index (Phi) is 8.59. The van der Waals surface area contributed by atoms with Gasteiger partial charge in [0.1, 0.15) is 12.4 Å². The second-order valence-electron chi connectivity index (χ2n) is 11.1. The van der Waals surface area contributed by atoms with Gasteiger partial charge in [-0.1, -0.05) is 19.0 Å². The number of primary amides is 1.